The topological polar surface area (TPSA) is 46.5 Å². The van der Waals surface area contributed by atoms with Crippen molar-refractivity contribution in [3.8, 4) is 11.4 Å². The Morgan fingerprint density at radius 1 is 1.44 bits per heavy atom. The zero-order valence-electron chi connectivity index (χ0n) is 10.9. The second kappa shape index (κ2) is 5.44. The molecule has 96 valence electrons. The lowest BCUT2D eigenvalue weighted by Crippen LogP contribution is -2.14. The van der Waals surface area contributed by atoms with E-state index < -0.39 is 0 Å². The summed E-state index contributed by atoms with van der Waals surface area (Å²) in [7, 11) is 0. The molecule has 0 amide bonds. The third-order valence-electron chi connectivity index (χ3n) is 3.50. The molecule has 4 nitrogen and oxygen atoms in total. The number of rotatable bonds is 4. The summed E-state index contributed by atoms with van der Waals surface area (Å²) in [4.78, 5) is 4.13. The number of pyridine rings is 1. The lowest BCUT2D eigenvalue weighted by Gasteiger charge is -2.21. The first-order chi connectivity index (χ1) is 8.65. The summed E-state index contributed by atoms with van der Waals surface area (Å²) in [5.74, 6) is 1.41. The third-order valence-corrected chi connectivity index (χ3v) is 3.79. The van der Waals surface area contributed by atoms with E-state index in [1.807, 2.05) is 18.3 Å². The molecule has 2 heterocycles. The minimum Gasteiger partial charge on any atom is -0.297 e. The highest BCUT2D eigenvalue weighted by Gasteiger charge is 2.18. The van der Waals surface area contributed by atoms with Crippen LogP contribution in [0.25, 0.3) is 11.4 Å². The molecule has 0 fully saturated rings. The summed E-state index contributed by atoms with van der Waals surface area (Å²) in [6.45, 7) is 6.60. The molecule has 1 N–H and O–H groups in total. The fourth-order valence-electron chi connectivity index (χ4n) is 1.98. The molecule has 2 rings (SSSR count). The second-order valence-electron chi connectivity index (χ2n) is 4.59. The van der Waals surface area contributed by atoms with Crippen molar-refractivity contribution in [3.05, 3.63) is 29.3 Å². The molecular weight excluding hydrogens is 244 g/mol. The van der Waals surface area contributed by atoms with Gasteiger partial charge in [0, 0.05) is 24.0 Å². The fraction of sp³-hybridized carbons (Fsp3) is 0.462. The van der Waals surface area contributed by atoms with Crippen molar-refractivity contribution in [1.29, 1.82) is 0 Å². The molecule has 0 bridgehead atoms. The van der Waals surface area contributed by atoms with Crippen molar-refractivity contribution in [3.63, 3.8) is 0 Å². The lowest BCUT2D eigenvalue weighted by atomic mass is 10.0. The minimum absolute atomic E-state index is 0.316. The van der Waals surface area contributed by atoms with Gasteiger partial charge in [-0.25, -0.2) is 0 Å². The molecule has 5 heteroatoms. The van der Waals surface area contributed by atoms with Gasteiger partial charge in [-0.1, -0.05) is 20.3 Å². The van der Waals surface area contributed by atoms with Crippen LogP contribution in [-0.4, -0.2) is 19.7 Å². The summed E-state index contributed by atoms with van der Waals surface area (Å²) in [6, 6.07) is 4.22. The molecule has 0 radical (unpaired) electrons. The van der Waals surface area contributed by atoms with Crippen LogP contribution in [0.5, 0.6) is 0 Å². The average Bonchev–Trinajstić information content (AvgIpc) is 2.80. The lowest BCUT2D eigenvalue weighted by molar-refractivity contribution is 0.369. The van der Waals surface area contributed by atoms with E-state index in [2.05, 4.69) is 40.5 Å². The van der Waals surface area contributed by atoms with Crippen molar-refractivity contribution in [2.45, 2.75) is 33.2 Å². The molecule has 18 heavy (non-hydrogen) atoms. The molecule has 0 saturated heterocycles. The van der Waals surface area contributed by atoms with E-state index in [9.17, 15) is 0 Å². The fourth-order valence-corrected chi connectivity index (χ4v) is 2.28. The van der Waals surface area contributed by atoms with Crippen molar-refractivity contribution >= 4 is 12.2 Å². The van der Waals surface area contributed by atoms with Gasteiger partial charge in [-0.15, -0.1) is 0 Å². The quantitative estimate of drug-likeness (QED) is 0.856. The molecule has 2 aromatic heterocycles. The predicted molar refractivity (Wildman–Crippen MR) is 74.8 cm³/mol. The molecule has 0 saturated carbocycles. The molecule has 2 atom stereocenters. The average molecular weight is 262 g/mol. The van der Waals surface area contributed by atoms with Crippen LogP contribution in [0.1, 0.15) is 33.2 Å². The normalized spacial score (nSPS) is 14.4. The Kier molecular flexibility index (Phi) is 3.91. The van der Waals surface area contributed by atoms with Gasteiger partial charge in [-0.2, -0.15) is 5.10 Å². The van der Waals surface area contributed by atoms with Crippen LogP contribution >= 0.6 is 12.2 Å². The van der Waals surface area contributed by atoms with Gasteiger partial charge in [0.1, 0.15) is 0 Å². The van der Waals surface area contributed by atoms with Crippen LogP contribution in [0.15, 0.2) is 24.5 Å². The Bertz CT molecular complexity index is 558. The van der Waals surface area contributed by atoms with Crippen LogP contribution in [0.4, 0.5) is 0 Å². The molecule has 0 aromatic carbocycles. The van der Waals surface area contributed by atoms with Gasteiger partial charge in [-0.3, -0.25) is 14.6 Å². The van der Waals surface area contributed by atoms with Crippen LogP contribution in [0.2, 0.25) is 0 Å². The summed E-state index contributed by atoms with van der Waals surface area (Å²) >= 11 is 5.34. The number of H-pyrrole nitrogens is 1. The highest BCUT2D eigenvalue weighted by molar-refractivity contribution is 7.71. The van der Waals surface area contributed by atoms with Crippen molar-refractivity contribution in [2.75, 3.05) is 0 Å². The maximum Gasteiger partial charge on any atom is 0.195 e. The van der Waals surface area contributed by atoms with Gasteiger partial charge in [0.2, 0.25) is 0 Å². The number of nitrogens with one attached hydrogen (secondary N) is 1. The van der Waals surface area contributed by atoms with Gasteiger partial charge in [0.25, 0.3) is 0 Å². The van der Waals surface area contributed by atoms with E-state index in [0.717, 1.165) is 17.8 Å². The van der Waals surface area contributed by atoms with E-state index in [0.29, 0.717) is 16.7 Å². The van der Waals surface area contributed by atoms with E-state index in [1.54, 1.807) is 6.20 Å². The van der Waals surface area contributed by atoms with Crippen molar-refractivity contribution < 1.29 is 0 Å². The zero-order valence-corrected chi connectivity index (χ0v) is 11.7. The van der Waals surface area contributed by atoms with Gasteiger partial charge >= 0.3 is 0 Å². The third kappa shape index (κ3) is 2.36. The highest BCUT2D eigenvalue weighted by atomic mass is 32.1. The number of aromatic amines is 1. The molecule has 0 aliphatic rings. The molecular formula is C13H18N4S. The number of hydrogen-bond acceptors (Lipinski definition) is 3. The zero-order chi connectivity index (χ0) is 13.1. The summed E-state index contributed by atoms with van der Waals surface area (Å²) in [5.41, 5.74) is 0.986. The standard InChI is InChI=1S/C13H18N4S/c1-4-9(2)10(3)17-12(15-16-13(17)18)11-6-5-7-14-8-11/h5-10H,4H2,1-3H3,(H,16,18). The Labute approximate surface area is 112 Å². The van der Waals surface area contributed by atoms with Crippen LogP contribution < -0.4 is 0 Å². The van der Waals surface area contributed by atoms with Crippen molar-refractivity contribution in [2.24, 2.45) is 5.92 Å². The Balaban J connectivity index is 2.49. The van der Waals surface area contributed by atoms with E-state index in [1.165, 1.54) is 0 Å². The number of nitrogens with zero attached hydrogens (tertiary/aromatic N) is 3. The second-order valence-corrected chi connectivity index (χ2v) is 4.98. The summed E-state index contributed by atoms with van der Waals surface area (Å²) in [6.07, 6.45) is 4.68. The molecule has 0 aliphatic heterocycles. The SMILES string of the molecule is CCC(C)C(C)n1c(-c2cccnc2)n[nH]c1=S. The summed E-state index contributed by atoms with van der Waals surface area (Å²) in [5, 5.41) is 7.21. The highest BCUT2D eigenvalue weighted by Crippen LogP contribution is 2.26. The van der Waals surface area contributed by atoms with Crippen molar-refractivity contribution in [1.82, 2.24) is 19.7 Å². The largest absolute Gasteiger partial charge is 0.297 e. The van der Waals surface area contributed by atoms with Gasteiger partial charge in [-0.05, 0) is 37.2 Å². The predicted octanol–water partition coefficient (Wildman–Crippen LogP) is 3.61. The first kappa shape index (κ1) is 13.0. The Hall–Kier alpha value is -1.49. The van der Waals surface area contributed by atoms with Gasteiger partial charge in [0.05, 0.1) is 0 Å². The first-order valence-corrected chi connectivity index (χ1v) is 6.63. The molecule has 0 spiro atoms. The molecule has 2 aromatic rings. The molecule has 0 aliphatic carbocycles. The first-order valence-electron chi connectivity index (χ1n) is 6.22. The minimum atomic E-state index is 0.316. The van der Waals surface area contributed by atoms with Crippen LogP contribution in [0.3, 0.4) is 0 Å². The maximum absolute atomic E-state index is 5.34. The monoisotopic (exact) mass is 262 g/mol. The Morgan fingerprint density at radius 2 is 2.22 bits per heavy atom. The maximum atomic E-state index is 5.34. The van der Waals surface area contributed by atoms with Crippen LogP contribution in [-0.2, 0) is 0 Å². The number of aromatic nitrogens is 4. The van der Waals surface area contributed by atoms with E-state index >= 15 is 0 Å². The molecule has 2 unspecified atom stereocenters. The van der Waals surface area contributed by atoms with Gasteiger partial charge in [0.15, 0.2) is 10.6 Å². The van der Waals surface area contributed by atoms with E-state index in [4.69, 9.17) is 12.2 Å². The van der Waals surface area contributed by atoms with E-state index in [-0.39, 0.29) is 0 Å². The Morgan fingerprint density at radius 3 is 2.83 bits per heavy atom. The van der Waals surface area contributed by atoms with Gasteiger partial charge < -0.3 is 0 Å². The summed E-state index contributed by atoms with van der Waals surface area (Å²) < 4.78 is 2.75. The smallest absolute Gasteiger partial charge is 0.195 e. The number of hydrogen-bond donors (Lipinski definition) is 1. The van der Waals surface area contributed by atoms with Crippen LogP contribution in [0, 0.1) is 10.7 Å².